The molecular formula is C27H27F6NO2. The SMILES string of the molecule is C[C@H](C(=O)N(C)CC[C@@H](OC1=CC=C(C(F)(F)F)CC1)c1ccccc1)c1ccc(C(F)(F)F)cc1. The van der Waals surface area contributed by atoms with E-state index in [0.29, 0.717) is 17.7 Å². The molecule has 3 nitrogen and oxygen atoms in total. The molecule has 0 bridgehead atoms. The van der Waals surface area contributed by atoms with Crippen molar-refractivity contribution in [1.29, 1.82) is 0 Å². The minimum absolute atomic E-state index is 0.119. The number of carbonyl (C=O) groups is 1. The van der Waals surface area contributed by atoms with Crippen molar-refractivity contribution in [3.63, 3.8) is 0 Å². The van der Waals surface area contributed by atoms with Crippen LogP contribution in [0.1, 0.15) is 54.9 Å². The van der Waals surface area contributed by atoms with Crippen molar-refractivity contribution < 1.29 is 35.9 Å². The number of likely N-dealkylation sites (N-methyl/N-ethyl adjacent to an activating group) is 1. The summed E-state index contributed by atoms with van der Waals surface area (Å²) in [6, 6.07) is 13.7. The van der Waals surface area contributed by atoms with E-state index in [2.05, 4.69) is 0 Å². The van der Waals surface area contributed by atoms with Crippen LogP contribution in [-0.4, -0.2) is 30.6 Å². The van der Waals surface area contributed by atoms with Gasteiger partial charge in [0.05, 0.1) is 17.2 Å². The van der Waals surface area contributed by atoms with Gasteiger partial charge in [-0.3, -0.25) is 4.79 Å². The highest BCUT2D eigenvalue weighted by Crippen LogP contribution is 2.35. The maximum atomic E-state index is 12.9. The lowest BCUT2D eigenvalue weighted by Gasteiger charge is -2.27. The van der Waals surface area contributed by atoms with E-state index in [1.54, 1.807) is 14.0 Å². The molecule has 0 saturated heterocycles. The van der Waals surface area contributed by atoms with Gasteiger partial charge in [-0.2, -0.15) is 26.3 Å². The van der Waals surface area contributed by atoms with E-state index < -0.39 is 35.5 Å². The molecule has 9 heteroatoms. The Balaban J connectivity index is 1.67. The van der Waals surface area contributed by atoms with Crippen LogP contribution in [0.5, 0.6) is 0 Å². The number of ether oxygens (including phenoxy) is 1. The zero-order valence-electron chi connectivity index (χ0n) is 19.9. The van der Waals surface area contributed by atoms with Crippen molar-refractivity contribution in [1.82, 2.24) is 4.90 Å². The van der Waals surface area contributed by atoms with Crippen LogP contribution < -0.4 is 0 Å². The molecule has 2 aromatic carbocycles. The predicted octanol–water partition coefficient (Wildman–Crippen LogP) is 7.58. The summed E-state index contributed by atoms with van der Waals surface area (Å²) in [4.78, 5) is 14.4. The number of rotatable bonds is 8. The topological polar surface area (TPSA) is 29.5 Å². The Labute approximate surface area is 206 Å². The molecule has 0 aliphatic heterocycles. The fourth-order valence-electron chi connectivity index (χ4n) is 3.95. The highest BCUT2D eigenvalue weighted by molar-refractivity contribution is 5.83. The van der Waals surface area contributed by atoms with E-state index in [9.17, 15) is 31.1 Å². The second kappa shape index (κ2) is 11.2. The third-order valence-corrected chi connectivity index (χ3v) is 6.15. The Morgan fingerprint density at radius 1 is 0.889 bits per heavy atom. The molecule has 0 spiro atoms. The first-order chi connectivity index (χ1) is 16.9. The minimum atomic E-state index is -4.45. The number of nitrogens with zero attached hydrogens (tertiary/aromatic N) is 1. The Hall–Kier alpha value is -3.23. The van der Waals surface area contributed by atoms with Gasteiger partial charge in [0.2, 0.25) is 5.91 Å². The maximum Gasteiger partial charge on any atom is 0.416 e. The molecular weight excluding hydrogens is 484 g/mol. The van der Waals surface area contributed by atoms with Crippen molar-refractivity contribution in [3.8, 4) is 0 Å². The van der Waals surface area contributed by atoms with Gasteiger partial charge < -0.3 is 9.64 Å². The number of hydrogen-bond donors (Lipinski definition) is 0. The first-order valence-electron chi connectivity index (χ1n) is 11.5. The third-order valence-electron chi connectivity index (χ3n) is 6.15. The molecule has 2 atom stereocenters. The van der Waals surface area contributed by atoms with Crippen molar-refractivity contribution in [2.45, 2.75) is 50.6 Å². The molecule has 2 aromatic rings. The summed E-state index contributed by atoms with van der Waals surface area (Å²) in [5.74, 6) is -0.486. The molecule has 1 amide bonds. The zero-order valence-corrected chi connectivity index (χ0v) is 19.9. The Kier molecular flexibility index (Phi) is 8.53. The summed E-state index contributed by atoms with van der Waals surface area (Å²) in [7, 11) is 1.60. The van der Waals surface area contributed by atoms with E-state index in [1.165, 1.54) is 23.1 Å². The average Bonchev–Trinajstić information content (AvgIpc) is 2.85. The molecule has 0 saturated carbocycles. The average molecular weight is 512 g/mol. The number of allylic oxidation sites excluding steroid dienone is 4. The van der Waals surface area contributed by atoms with E-state index in [-0.39, 0.29) is 25.3 Å². The molecule has 0 radical (unpaired) electrons. The van der Waals surface area contributed by atoms with Crippen LogP contribution in [0.4, 0.5) is 26.3 Å². The quantitative estimate of drug-likeness (QED) is 0.342. The highest BCUT2D eigenvalue weighted by Gasteiger charge is 2.34. The molecule has 3 rings (SSSR count). The van der Waals surface area contributed by atoms with Crippen LogP contribution in [0, 0.1) is 0 Å². The lowest BCUT2D eigenvalue weighted by molar-refractivity contribution is -0.137. The molecule has 0 N–H and O–H groups in total. The summed E-state index contributed by atoms with van der Waals surface area (Å²) >= 11 is 0. The van der Waals surface area contributed by atoms with E-state index in [1.807, 2.05) is 30.3 Å². The summed E-state index contributed by atoms with van der Waals surface area (Å²) < 4.78 is 83.3. The summed E-state index contributed by atoms with van der Waals surface area (Å²) in [5, 5.41) is 0. The van der Waals surface area contributed by atoms with Crippen LogP contribution in [-0.2, 0) is 15.7 Å². The normalized spacial score (nSPS) is 16.0. The second-order valence-corrected chi connectivity index (χ2v) is 8.73. The van der Waals surface area contributed by atoms with Gasteiger partial charge in [-0.15, -0.1) is 0 Å². The first kappa shape index (κ1) is 27.4. The van der Waals surface area contributed by atoms with Gasteiger partial charge in [-0.25, -0.2) is 0 Å². The van der Waals surface area contributed by atoms with Crippen molar-refractivity contribution in [2.75, 3.05) is 13.6 Å². The Morgan fingerprint density at radius 2 is 1.53 bits per heavy atom. The van der Waals surface area contributed by atoms with E-state index in [4.69, 9.17) is 4.74 Å². The molecule has 0 heterocycles. The lowest BCUT2D eigenvalue weighted by atomic mass is 9.98. The van der Waals surface area contributed by atoms with Crippen LogP contribution >= 0.6 is 0 Å². The van der Waals surface area contributed by atoms with Gasteiger partial charge in [-0.1, -0.05) is 48.5 Å². The predicted molar refractivity (Wildman–Crippen MR) is 124 cm³/mol. The number of halogens is 6. The van der Waals surface area contributed by atoms with Gasteiger partial charge in [0.1, 0.15) is 6.10 Å². The molecule has 1 aliphatic carbocycles. The van der Waals surface area contributed by atoms with E-state index >= 15 is 0 Å². The van der Waals surface area contributed by atoms with Crippen LogP contribution in [0.25, 0.3) is 0 Å². The first-order valence-corrected chi connectivity index (χ1v) is 11.5. The molecule has 0 fully saturated rings. The van der Waals surface area contributed by atoms with Crippen molar-refractivity contribution in [2.24, 2.45) is 0 Å². The zero-order chi connectivity index (χ0) is 26.5. The molecule has 0 unspecified atom stereocenters. The summed E-state index contributed by atoms with van der Waals surface area (Å²) in [6.45, 7) is 1.91. The van der Waals surface area contributed by atoms with Crippen LogP contribution in [0.2, 0.25) is 0 Å². The van der Waals surface area contributed by atoms with Crippen LogP contribution in [0.3, 0.4) is 0 Å². The largest absolute Gasteiger partial charge is 0.490 e. The fourth-order valence-corrected chi connectivity index (χ4v) is 3.95. The second-order valence-electron chi connectivity index (χ2n) is 8.73. The molecule has 1 aliphatic rings. The van der Waals surface area contributed by atoms with Gasteiger partial charge in [0, 0.05) is 32.0 Å². The van der Waals surface area contributed by atoms with E-state index in [0.717, 1.165) is 23.8 Å². The van der Waals surface area contributed by atoms with Gasteiger partial charge in [0.15, 0.2) is 0 Å². The lowest BCUT2D eigenvalue weighted by Crippen LogP contribution is -2.32. The number of hydrogen-bond acceptors (Lipinski definition) is 2. The smallest absolute Gasteiger partial charge is 0.416 e. The Morgan fingerprint density at radius 3 is 2.06 bits per heavy atom. The fraction of sp³-hybridized carbons (Fsp3) is 0.370. The number of amides is 1. The number of benzene rings is 2. The highest BCUT2D eigenvalue weighted by atomic mass is 19.4. The number of alkyl halides is 6. The minimum Gasteiger partial charge on any atom is -0.490 e. The monoisotopic (exact) mass is 511 g/mol. The van der Waals surface area contributed by atoms with Crippen molar-refractivity contribution in [3.05, 3.63) is 94.8 Å². The van der Waals surface area contributed by atoms with Crippen LogP contribution in [0.15, 0.2) is 78.1 Å². The standard InChI is InChI=1S/C27H27F6NO2/c1-18(19-8-10-21(11-9-19)26(28,29)30)25(35)34(2)17-16-24(20-6-4-3-5-7-20)36-23-14-12-22(13-15-23)27(31,32)33/h3-12,14,18,24H,13,15-17H2,1-2H3/t18-,24+/m0/s1. The Bertz CT molecular complexity index is 1090. The number of carbonyl (C=O) groups excluding carboxylic acids is 1. The molecule has 36 heavy (non-hydrogen) atoms. The molecule has 194 valence electrons. The summed E-state index contributed by atoms with van der Waals surface area (Å²) in [6.07, 6.45) is -6.62. The van der Waals surface area contributed by atoms with Gasteiger partial charge >= 0.3 is 12.4 Å². The summed E-state index contributed by atoms with van der Waals surface area (Å²) in [5.41, 5.74) is -0.0963. The van der Waals surface area contributed by atoms with Crippen molar-refractivity contribution >= 4 is 5.91 Å². The third kappa shape index (κ3) is 7.15. The van der Waals surface area contributed by atoms with Gasteiger partial charge in [-0.05, 0) is 42.7 Å². The maximum absolute atomic E-state index is 12.9. The van der Waals surface area contributed by atoms with Gasteiger partial charge in [0.25, 0.3) is 0 Å². The molecule has 0 aromatic heterocycles.